The van der Waals surface area contributed by atoms with Crippen LogP contribution in [0.4, 0.5) is 5.82 Å². The molecule has 4 rings (SSSR count). The summed E-state index contributed by atoms with van der Waals surface area (Å²) in [7, 11) is 0. The smallest absolute Gasteiger partial charge is 0.322 e. The topological polar surface area (TPSA) is 68.6 Å². The average Bonchev–Trinajstić information content (AvgIpc) is 2.83. The molecule has 154 valence electrons. The maximum atomic E-state index is 5.87. The Labute approximate surface area is 181 Å². The minimum atomic E-state index is 0.215. The van der Waals surface area contributed by atoms with E-state index in [1.165, 1.54) is 0 Å². The number of benzene rings is 3. The first-order valence-corrected chi connectivity index (χ1v) is 9.92. The van der Waals surface area contributed by atoms with Gasteiger partial charge in [-0.2, -0.15) is 15.1 Å². The maximum absolute atomic E-state index is 5.87. The second kappa shape index (κ2) is 10.5. The van der Waals surface area contributed by atoms with E-state index >= 15 is 0 Å². The van der Waals surface area contributed by atoms with Gasteiger partial charge in [0.25, 0.3) is 0 Å². The zero-order valence-corrected chi connectivity index (χ0v) is 16.9. The van der Waals surface area contributed by atoms with E-state index in [0.717, 1.165) is 16.7 Å². The number of hydrogen-bond acceptors (Lipinski definition) is 6. The summed E-state index contributed by atoms with van der Waals surface area (Å²) in [5, 5.41) is 4.25. The highest BCUT2D eigenvalue weighted by Gasteiger charge is 2.08. The van der Waals surface area contributed by atoms with Gasteiger partial charge in [-0.25, -0.2) is 0 Å². The lowest BCUT2D eigenvalue weighted by atomic mass is 10.2. The van der Waals surface area contributed by atoms with Gasteiger partial charge in [-0.05, 0) is 16.7 Å². The summed E-state index contributed by atoms with van der Waals surface area (Å²) in [6.07, 6.45) is 1.72. The van der Waals surface area contributed by atoms with Crippen LogP contribution < -0.4 is 14.9 Å². The molecule has 4 aromatic rings. The van der Waals surface area contributed by atoms with Crippen molar-refractivity contribution in [1.82, 2.24) is 9.97 Å². The van der Waals surface area contributed by atoms with Gasteiger partial charge in [-0.15, -0.1) is 0 Å². The molecule has 0 aliphatic rings. The zero-order valence-electron chi connectivity index (χ0n) is 16.9. The lowest BCUT2D eigenvalue weighted by Crippen LogP contribution is -2.05. The van der Waals surface area contributed by atoms with Gasteiger partial charge in [0.1, 0.15) is 13.2 Å². The number of hydrazone groups is 1. The quantitative estimate of drug-likeness (QED) is 0.308. The van der Waals surface area contributed by atoms with Crippen molar-refractivity contribution in [3.8, 4) is 11.9 Å². The molecule has 6 heteroatoms. The Morgan fingerprint density at radius 1 is 0.710 bits per heavy atom. The van der Waals surface area contributed by atoms with E-state index in [1.54, 1.807) is 12.3 Å². The largest absolute Gasteiger partial charge is 0.473 e. The number of ether oxygens (including phenoxy) is 2. The normalized spacial score (nSPS) is 10.7. The Morgan fingerprint density at radius 2 is 1.29 bits per heavy atom. The second-order valence-corrected chi connectivity index (χ2v) is 6.70. The van der Waals surface area contributed by atoms with Crippen molar-refractivity contribution in [2.75, 3.05) is 5.43 Å². The molecule has 1 N–H and O–H groups in total. The number of aromatic nitrogens is 2. The Balaban J connectivity index is 1.48. The van der Waals surface area contributed by atoms with Crippen LogP contribution in [0, 0.1) is 0 Å². The van der Waals surface area contributed by atoms with Crippen LogP contribution in [-0.2, 0) is 13.2 Å². The first-order chi connectivity index (χ1) is 15.3. The van der Waals surface area contributed by atoms with Crippen LogP contribution in [0.1, 0.15) is 16.7 Å². The summed E-state index contributed by atoms with van der Waals surface area (Å²) < 4.78 is 11.7. The first kappa shape index (κ1) is 20.1. The molecule has 0 unspecified atom stereocenters. The van der Waals surface area contributed by atoms with Crippen molar-refractivity contribution in [2.24, 2.45) is 5.10 Å². The van der Waals surface area contributed by atoms with Crippen LogP contribution in [0.3, 0.4) is 0 Å². The van der Waals surface area contributed by atoms with E-state index in [9.17, 15) is 0 Å². The molecule has 0 atom stereocenters. The van der Waals surface area contributed by atoms with Gasteiger partial charge in [-0.1, -0.05) is 91.0 Å². The van der Waals surface area contributed by atoms with Crippen molar-refractivity contribution < 1.29 is 9.47 Å². The number of nitrogens with zero attached hydrogens (tertiary/aromatic N) is 3. The minimum Gasteiger partial charge on any atom is -0.473 e. The van der Waals surface area contributed by atoms with Gasteiger partial charge in [0.2, 0.25) is 5.88 Å². The molecule has 0 saturated carbocycles. The lowest BCUT2D eigenvalue weighted by Gasteiger charge is -2.10. The van der Waals surface area contributed by atoms with Crippen molar-refractivity contribution in [3.63, 3.8) is 0 Å². The second-order valence-electron chi connectivity index (χ2n) is 6.70. The highest BCUT2D eigenvalue weighted by molar-refractivity contribution is 5.79. The molecule has 0 fully saturated rings. The molecular formula is C25H22N4O2. The van der Waals surface area contributed by atoms with Crippen molar-refractivity contribution in [3.05, 3.63) is 114 Å². The molecule has 3 aromatic carbocycles. The third-order valence-corrected chi connectivity index (χ3v) is 4.31. The van der Waals surface area contributed by atoms with Crippen molar-refractivity contribution >= 4 is 12.0 Å². The molecule has 0 spiro atoms. The van der Waals surface area contributed by atoms with Crippen LogP contribution in [-0.4, -0.2) is 16.2 Å². The van der Waals surface area contributed by atoms with Crippen LogP contribution in [0.2, 0.25) is 0 Å². The predicted molar refractivity (Wildman–Crippen MR) is 121 cm³/mol. The summed E-state index contributed by atoms with van der Waals surface area (Å²) in [5.41, 5.74) is 5.98. The summed E-state index contributed by atoms with van der Waals surface area (Å²) in [4.78, 5) is 8.78. The number of hydrogen-bond donors (Lipinski definition) is 1. The molecular weight excluding hydrogens is 388 g/mol. The fourth-order valence-corrected chi connectivity index (χ4v) is 2.77. The maximum Gasteiger partial charge on any atom is 0.322 e. The summed E-state index contributed by atoms with van der Waals surface area (Å²) >= 11 is 0. The average molecular weight is 410 g/mol. The SMILES string of the molecule is C(=N\Nc1cc(OCc2ccccc2)nc(OCc2ccccc2)n1)/c1ccccc1. The van der Waals surface area contributed by atoms with Gasteiger partial charge < -0.3 is 9.47 Å². The van der Waals surface area contributed by atoms with Crippen molar-refractivity contribution in [2.45, 2.75) is 13.2 Å². The molecule has 6 nitrogen and oxygen atoms in total. The Morgan fingerprint density at radius 3 is 1.94 bits per heavy atom. The van der Waals surface area contributed by atoms with E-state index in [2.05, 4.69) is 20.5 Å². The van der Waals surface area contributed by atoms with Crippen molar-refractivity contribution in [1.29, 1.82) is 0 Å². The molecule has 0 aliphatic carbocycles. The van der Waals surface area contributed by atoms with E-state index in [0.29, 0.717) is 24.9 Å². The molecule has 0 radical (unpaired) electrons. The Bertz CT molecular complexity index is 1040. The summed E-state index contributed by atoms with van der Waals surface area (Å²) in [5.74, 6) is 0.882. The van der Waals surface area contributed by atoms with Gasteiger partial charge in [0.15, 0.2) is 5.82 Å². The summed E-state index contributed by atoms with van der Waals surface area (Å²) in [6, 6.07) is 31.5. The zero-order chi connectivity index (χ0) is 21.1. The van der Waals surface area contributed by atoms with E-state index in [4.69, 9.17) is 9.47 Å². The number of anilines is 1. The third-order valence-electron chi connectivity index (χ3n) is 4.31. The fraction of sp³-hybridized carbons (Fsp3) is 0.0800. The Hall–Kier alpha value is -4.19. The predicted octanol–water partition coefficient (Wildman–Crippen LogP) is 5.08. The van der Waals surface area contributed by atoms with Crippen LogP contribution in [0.5, 0.6) is 11.9 Å². The van der Waals surface area contributed by atoms with E-state index in [-0.39, 0.29) is 6.01 Å². The number of rotatable bonds is 9. The third kappa shape index (κ3) is 6.40. The highest BCUT2D eigenvalue weighted by Crippen LogP contribution is 2.20. The van der Waals surface area contributed by atoms with Gasteiger partial charge in [0, 0.05) is 6.07 Å². The summed E-state index contributed by atoms with van der Waals surface area (Å²) in [6.45, 7) is 0.748. The van der Waals surface area contributed by atoms with Gasteiger partial charge >= 0.3 is 6.01 Å². The molecule has 31 heavy (non-hydrogen) atoms. The molecule has 0 aliphatic heterocycles. The Kier molecular flexibility index (Phi) is 6.84. The number of nitrogens with one attached hydrogen (secondary N) is 1. The monoisotopic (exact) mass is 410 g/mol. The van der Waals surface area contributed by atoms with Crippen LogP contribution in [0.15, 0.2) is 102 Å². The van der Waals surface area contributed by atoms with Crippen LogP contribution in [0.25, 0.3) is 0 Å². The van der Waals surface area contributed by atoms with E-state index in [1.807, 2.05) is 91.0 Å². The molecule has 1 aromatic heterocycles. The standard InChI is InChI=1S/C25H22N4O2/c1-4-10-20(11-5-1)17-26-29-23-16-24(30-18-21-12-6-2-7-13-21)28-25(27-23)31-19-22-14-8-3-9-15-22/h1-17H,18-19H2,(H,27,28,29)/b26-17+. The molecule has 0 amide bonds. The van der Waals surface area contributed by atoms with Gasteiger partial charge in [0.05, 0.1) is 6.21 Å². The minimum absolute atomic E-state index is 0.215. The molecule has 1 heterocycles. The lowest BCUT2D eigenvalue weighted by molar-refractivity contribution is 0.259. The fourth-order valence-electron chi connectivity index (χ4n) is 2.77. The van der Waals surface area contributed by atoms with Gasteiger partial charge in [-0.3, -0.25) is 5.43 Å². The van der Waals surface area contributed by atoms with Crippen LogP contribution >= 0.6 is 0 Å². The molecule has 0 saturated heterocycles. The highest BCUT2D eigenvalue weighted by atomic mass is 16.5. The molecule has 0 bridgehead atoms. The first-order valence-electron chi connectivity index (χ1n) is 9.92. The van der Waals surface area contributed by atoms with E-state index < -0.39 is 0 Å².